The third kappa shape index (κ3) is 4.31. The van der Waals surface area contributed by atoms with Gasteiger partial charge in [-0.15, -0.1) is 0 Å². The lowest BCUT2D eigenvalue weighted by molar-refractivity contribution is 1.17. The first kappa shape index (κ1) is 28.8. The molecule has 0 spiro atoms. The standard InChI is InChI=1S/C45H25N5/c46-26-29-16-23-44-40(24-29)37-11-3-6-15-43(37)50(44)45-33(28-48)8-7-12-38(45)39-25-31(17-18-32(39)27-47)30-19-21-34(22-20-30)49-41-13-4-1-9-35(41)36-10-2-5-14-42(36)49/h1-25H. The summed E-state index contributed by atoms with van der Waals surface area (Å²) in [5, 5.41) is 34.8. The van der Waals surface area contributed by atoms with Gasteiger partial charge in [0.1, 0.15) is 6.07 Å². The van der Waals surface area contributed by atoms with Crippen LogP contribution in [0, 0.1) is 34.0 Å². The maximum atomic E-state index is 10.4. The van der Waals surface area contributed by atoms with Gasteiger partial charge in [0, 0.05) is 38.4 Å². The Morgan fingerprint density at radius 3 is 1.60 bits per heavy atom. The van der Waals surface area contributed by atoms with Gasteiger partial charge < -0.3 is 9.13 Å². The molecule has 9 rings (SSSR count). The zero-order chi connectivity index (χ0) is 33.8. The van der Waals surface area contributed by atoms with E-state index in [-0.39, 0.29) is 0 Å². The highest BCUT2D eigenvalue weighted by molar-refractivity contribution is 6.11. The van der Waals surface area contributed by atoms with Crippen LogP contribution in [0.2, 0.25) is 0 Å². The Bertz CT molecular complexity index is 2900. The molecule has 0 aliphatic heterocycles. The molecule has 5 nitrogen and oxygen atoms in total. The van der Waals surface area contributed by atoms with E-state index in [1.54, 1.807) is 6.07 Å². The number of benzene rings is 7. The Kier molecular flexibility index (Phi) is 6.56. The molecule has 0 bridgehead atoms. The van der Waals surface area contributed by atoms with Gasteiger partial charge in [0.25, 0.3) is 0 Å². The van der Waals surface area contributed by atoms with E-state index in [9.17, 15) is 15.8 Å². The summed E-state index contributed by atoms with van der Waals surface area (Å²) in [5.41, 5.74) is 10.9. The Balaban J connectivity index is 1.22. The molecule has 2 aromatic heterocycles. The summed E-state index contributed by atoms with van der Waals surface area (Å²) in [6.45, 7) is 0. The second-order valence-corrected chi connectivity index (χ2v) is 12.3. The highest BCUT2D eigenvalue weighted by Crippen LogP contribution is 2.40. The van der Waals surface area contributed by atoms with E-state index in [4.69, 9.17) is 0 Å². The predicted molar refractivity (Wildman–Crippen MR) is 200 cm³/mol. The average molecular weight is 636 g/mol. The van der Waals surface area contributed by atoms with Gasteiger partial charge in [-0.2, -0.15) is 15.8 Å². The predicted octanol–water partition coefficient (Wildman–Crippen LogP) is 10.8. The number of hydrogen-bond acceptors (Lipinski definition) is 3. The van der Waals surface area contributed by atoms with E-state index in [1.807, 2.05) is 66.7 Å². The van der Waals surface area contributed by atoms with Gasteiger partial charge in [0.2, 0.25) is 0 Å². The monoisotopic (exact) mass is 635 g/mol. The van der Waals surface area contributed by atoms with Gasteiger partial charge in [0.15, 0.2) is 0 Å². The van der Waals surface area contributed by atoms with Crippen LogP contribution in [0.3, 0.4) is 0 Å². The Labute approximate surface area is 287 Å². The molecule has 0 N–H and O–H groups in total. The van der Waals surface area contributed by atoms with Crippen LogP contribution in [0.25, 0.3) is 77.2 Å². The molecule has 0 fully saturated rings. The van der Waals surface area contributed by atoms with Crippen molar-refractivity contribution in [3.8, 4) is 51.8 Å². The van der Waals surface area contributed by atoms with Crippen molar-refractivity contribution in [2.45, 2.75) is 0 Å². The molecule has 0 aliphatic carbocycles. The van der Waals surface area contributed by atoms with Crippen LogP contribution in [0.15, 0.2) is 152 Å². The van der Waals surface area contributed by atoms with E-state index in [0.29, 0.717) is 22.4 Å². The van der Waals surface area contributed by atoms with Crippen molar-refractivity contribution in [3.05, 3.63) is 168 Å². The van der Waals surface area contributed by atoms with Gasteiger partial charge in [0.05, 0.1) is 56.6 Å². The van der Waals surface area contributed by atoms with Crippen molar-refractivity contribution in [2.75, 3.05) is 0 Å². The maximum absolute atomic E-state index is 10.4. The third-order valence-electron chi connectivity index (χ3n) is 9.65. The first-order valence-electron chi connectivity index (χ1n) is 16.3. The van der Waals surface area contributed by atoms with Crippen LogP contribution in [-0.4, -0.2) is 9.13 Å². The topological polar surface area (TPSA) is 81.2 Å². The van der Waals surface area contributed by atoms with E-state index >= 15 is 0 Å². The van der Waals surface area contributed by atoms with E-state index < -0.39 is 0 Å². The van der Waals surface area contributed by atoms with Crippen LogP contribution < -0.4 is 0 Å². The van der Waals surface area contributed by atoms with Crippen molar-refractivity contribution >= 4 is 43.6 Å². The molecule has 50 heavy (non-hydrogen) atoms. The van der Waals surface area contributed by atoms with Crippen molar-refractivity contribution in [3.63, 3.8) is 0 Å². The summed E-state index contributed by atoms with van der Waals surface area (Å²) in [6, 6.07) is 57.7. The average Bonchev–Trinajstić information content (AvgIpc) is 3.70. The van der Waals surface area contributed by atoms with Crippen LogP contribution >= 0.6 is 0 Å². The fourth-order valence-electron chi connectivity index (χ4n) is 7.42. The summed E-state index contributed by atoms with van der Waals surface area (Å²) in [7, 11) is 0. The molecule has 2 heterocycles. The molecule has 230 valence electrons. The molecule has 7 aromatic carbocycles. The van der Waals surface area contributed by atoms with Crippen molar-refractivity contribution in [2.24, 2.45) is 0 Å². The summed E-state index contributed by atoms with van der Waals surface area (Å²) in [4.78, 5) is 0. The van der Waals surface area contributed by atoms with Crippen molar-refractivity contribution < 1.29 is 0 Å². The van der Waals surface area contributed by atoms with Gasteiger partial charge >= 0.3 is 0 Å². The first-order valence-corrected chi connectivity index (χ1v) is 16.3. The minimum Gasteiger partial charge on any atom is -0.309 e. The number of nitriles is 3. The van der Waals surface area contributed by atoms with Crippen LogP contribution in [0.5, 0.6) is 0 Å². The molecule has 9 aromatic rings. The maximum Gasteiger partial charge on any atom is 0.101 e. The molecule has 0 atom stereocenters. The molecule has 0 aliphatic rings. The smallest absolute Gasteiger partial charge is 0.101 e. The lowest BCUT2D eigenvalue weighted by Crippen LogP contribution is -2.02. The van der Waals surface area contributed by atoms with Crippen LogP contribution in [0.4, 0.5) is 0 Å². The quantitative estimate of drug-likeness (QED) is 0.193. The lowest BCUT2D eigenvalue weighted by Gasteiger charge is -2.17. The first-order chi connectivity index (χ1) is 24.7. The highest BCUT2D eigenvalue weighted by Gasteiger charge is 2.21. The summed E-state index contributed by atoms with van der Waals surface area (Å²) < 4.78 is 4.39. The summed E-state index contributed by atoms with van der Waals surface area (Å²) in [5.74, 6) is 0. The van der Waals surface area contributed by atoms with Gasteiger partial charge in [-0.3, -0.25) is 0 Å². The fraction of sp³-hybridized carbons (Fsp3) is 0. The molecular formula is C45H25N5. The second kappa shape index (κ2) is 11.4. The number of para-hydroxylation sites is 4. The number of nitrogens with zero attached hydrogens (tertiary/aromatic N) is 5. The number of rotatable bonds is 4. The molecule has 0 amide bonds. The molecular weight excluding hydrogens is 611 g/mol. The largest absolute Gasteiger partial charge is 0.309 e. The van der Waals surface area contributed by atoms with Crippen molar-refractivity contribution in [1.82, 2.24) is 9.13 Å². The van der Waals surface area contributed by atoms with E-state index in [0.717, 1.165) is 60.8 Å². The highest BCUT2D eigenvalue weighted by atomic mass is 15.0. The second-order valence-electron chi connectivity index (χ2n) is 12.3. The summed E-state index contributed by atoms with van der Waals surface area (Å²) in [6.07, 6.45) is 0. The summed E-state index contributed by atoms with van der Waals surface area (Å²) >= 11 is 0. The third-order valence-corrected chi connectivity index (χ3v) is 9.65. The minimum atomic E-state index is 0.485. The minimum absolute atomic E-state index is 0.485. The Morgan fingerprint density at radius 1 is 0.380 bits per heavy atom. The number of fused-ring (bicyclic) bond motifs is 6. The van der Waals surface area contributed by atoms with E-state index in [1.165, 1.54) is 10.8 Å². The Hall–Kier alpha value is -7.39. The molecule has 0 saturated carbocycles. The Morgan fingerprint density at radius 2 is 0.960 bits per heavy atom. The SMILES string of the molecule is N#Cc1ccc2c(c1)c1ccccc1n2-c1c(C#N)cccc1-c1cc(-c2ccc(-n3c4ccccc4c4ccccc43)cc2)ccc1C#N. The molecule has 0 saturated heterocycles. The zero-order valence-corrected chi connectivity index (χ0v) is 26.7. The molecule has 0 unspecified atom stereocenters. The number of hydrogen-bond donors (Lipinski definition) is 0. The van der Waals surface area contributed by atoms with Gasteiger partial charge in [-0.1, -0.05) is 84.9 Å². The van der Waals surface area contributed by atoms with Crippen LogP contribution in [0.1, 0.15) is 16.7 Å². The van der Waals surface area contributed by atoms with Crippen molar-refractivity contribution in [1.29, 1.82) is 15.8 Å². The van der Waals surface area contributed by atoms with E-state index in [2.05, 4.69) is 106 Å². The zero-order valence-electron chi connectivity index (χ0n) is 26.7. The van der Waals surface area contributed by atoms with Crippen LogP contribution in [-0.2, 0) is 0 Å². The molecule has 0 radical (unpaired) electrons. The molecule has 5 heteroatoms. The number of aromatic nitrogens is 2. The van der Waals surface area contributed by atoms with Gasteiger partial charge in [-0.05, 0) is 77.9 Å². The lowest BCUT2D eigenvalue weighted by atomic mass is 9.92. The fourth-order valence-corrected chi connectivity index (χ4v) is 7.42. The normalized spacial score (nSPS) is 11.1. The van der Waals surface area contributed by atoms with Gasteiger partial charge in [-0.25, -0.2) is 0 Å².